The van der Waals surface area contributed by atoms with Crippen LogP contribution in [0, 0.1) is 0 Å². The minimum absolute atomic E-state index is 1.11. The second kappa shape index (κ2) is 1.95. The number of hydrogen-bond donors (Lipinski definition) is 0. The van der Waals surface area contributed by atoms with Gasteiger partial charge in [-0.3, -0.25) is 4.40 Å². The lowest BCUT2D eigenvalue weighted by Gasteiger charge is -1.84. The van der Waals surface area contributed by atoms with E-state index < -0.39 is 0 Å². The van der Waals surface area contributed by atoms with Crippen molar-refractivity contribution in [1.29, 1.82) is 0 Å². The molecule has 2 heterocycles. The lowest BCUT2D eigenvalue weighted by molar-refractivity contribution is 1.16. The van der Waals surface area contributed by atoms with Gasteiger partial charge in [-0.05, 0) is 6.08 Å². The topological polar surface area (TPSA) is 17.3 Å². The maximum atomic E-state index is 4.00. The Labute approximate surface area is 62.4 Å². The van der Waals surface area contributed by atoms with Gasteiger partial charge in [0.1, 0.15) is 11.2 Å². The summed E-state index contributed by atoms with van der Waals surface area (Å²) in [4.78, 5) is 5.16. The van der Waals surface area contributed by atoms with E-state index in [4.69, 9.17) is 0 Å². The predicted octanol–water partition coefficient (Wildman–Crippen LogP) is 2.04. The average molecular weight is 150 g/mol. The minimum atomic E-state index is 1.11. The summed E-state index contributed by atoms with van der Waals surface area (Å²) in [5.74, 6) is 0. The molecule has 2 aromatic heterocycles. The van der Waals surface area contributed by atoms with E-state index in [9.17, 15) is 0 Å². The Kier molecular flexibility index (Phi) is 1.11. The Morgan fingerprint density at radius 3 is 3.40 bits per heavy atom. The molecule has 0 amide bonds. The highest BCUT2D eigenvalue weighted by molar-refractivity contribution is 7.15. The summed E-state index contributed by atoms with van der Waals surface area (Å²) in [6.07, 6.45) is 5.46. The van der Waals surface area contributed by atoms with Crippen molar-refractivity contribution in [2.24, 2.45) is 0 Å². The van der Waals surface area contributed by atoms with Crippen molar-refractivity contribution in [3.8, 4) is 0 Å². The highest BCUT2D eigenvalue weighted by Gasteiger charge is 1.97. The van der Waals surface area contributed by atoms with Crippen molar-refractivity contribution in [3.05, 3.63) is 30.2 Å². The molecule has 0 saturated heterocycles. The van der Waals surface area contributed by atoms with Crippen LogP contribution < -0.4 is 0 Å². The Hall–Kier alpha value is -1.09. The second-order valence-corrected chi connectivity index (χ2v) is 2.86. The van der Waals surface area contributed by atoms with Crippen LogP contribution in [0.5, 0.6) is 0 Å². The maximum absolute atomic E-state index is 4.00. The summed E-state index contributed by atoms with van der Waals surface area (Å²) in [6, 6.07) is 0. The zero-order valence-corrected chi connectivity index (χ0v) is 6.14. The van der Waals surface area contributed by atoms with Gasteiger partial charge in [0.15, 0.2) is 0 Å². The molecular weight excluding hydrogens is 144 g/mol. The van der Waals surface area contributed by atoms with Crippen molar-refractivity contribution in [2.75, 3.05) is 0 Å². The molecule has 0 radical (unpaired) electrons. The monoisotopic (exact) mass is 150 g/mol. The van der Waals surface area contributed by atoms with E-state index in [0.717, 1.165) is 10.5 Å². The van der Waals surface area contributed by atoms with Crippen molar-refractivity contribution in [3.63, 3.8) is 0 Å². The number of nitrogens with zero attached hydrogens (tertiary/aromatic N) is 2. The van der Waals surface area contributed by atoms with Gasteiger partial charge in [-0.2, -0.15) is 0 Å². The van der Waals surface area contributed by atoms with Gasteiger partial charge in [0.25, 0.3) is 0 Å². The fourth-order valence-electron chi connectivity index (χ4n) is 0.888. The Bertz CT molecular complexity index is 358. The van der Waals surface area contributed by atoms with Crippen LogP contribution >= 0.6 is 11.3 Å². The fraction of sp³-hybridized carbons (Fsp3) is 0. The molecule has 2 rings (SSSR count). The molecule has 2 nitrogen and oxygen atoms in total. The van der Waals surface area contributed by atoms with E-state index in [1.807, 2.05) is 16.7 Å². The van der Waals surface area contributed by atoms with Crippen molar-refractivity contribution in [1.82, 2.24) is 9.38 Å². The summed E-state index contributed by atoms with van der Waals surface area (Å²) < 4.78 is 2.01. The van der Waals surface area contributed by atoms with Crippen molar-refractivity contribution < 1.29 is 0 Å². The molecule has 10 heavy (non-hydrogen) atoms. The molecule has 0 aromatic carbocycles. The lowest BCUT2D eigenvalue weighted by atomic mass is 10.5. The quantitative estimate of drug-likeness (QED) is 0.608. The maximum Gasteiger partial charge on any atom is 0.119 e. The van der Waals surface area contributed by atoms with Crippen LogP contribution in [-0.4, -0.2) is 9.38 Å². The largest absolute Gasteiger partial charge is 0.290 e. The number of thiazole rings is 1. The number of rotatable bonds is 1. The first-order valence-corrected chi connectivity index (χ1v) is 3.82. The van der Waals surface area contributed by atoms with Gasteiger partial charge >= 0.3 is 0 Å². The number of imidazole rings is 1. The first-order valence-electron chi connectivity index (χ1n) is 2.94. The smallest absolute Gasteiger partial charge is 0.119 e. The van der Waals surface area contributed by atoms with E-state index in [1.165, 1.54) is 0 Å². The zero-order valence-electron chi connectivity index (χ0n) is 5.32. The molecular formula is C7H6N2S. The van der Waals surface area contributed by atoms with Crippen LogP contribution in [0.3, 0.4) is 0 Å². The third kappa shape index (κ3) is 0.609. The van der Waals surface area contributed by atoms with Gasteiger partial charge in [0, 0.05) is 5.38 Å². The van der Waals surface area contributed by atoms with Crippen LogP contribution in [0.2, 0.25) is 0 Å². The second-order valence-electron chi connectivity index (χ2n) is 1.97. The van der Waals surface area contributed by atoms with Crippen LogP contribution in [-0.2, 0) is 0 Å². The van der Waals surface area contributed by atoms with Gasteiger partial charge in [-0.15, -0.1) is 11.3 Å². The Balaban J connectivity index is 2.88. The molecule has 0 aliphatic carbocycles. The first-order chi connectivity index (χ1) is 4.92. The lowest BCUT2D eigenvalue weighted by Crippen LogP contribution is -1.77. The molecule has 0 saturated carbocycles. The summed E-state index contributed by atoms with van der Waals surface area (Å²) in [5, 5.41) is 2.06. The number of fused-ring (bicyclic) bond motifs is 1. The molecule has 0 atom stereocenters. The number of hydrogen-bond acceptors (Lipinski definition) is 2. The van der Waals surface area contributed by atoms with Crippen LogP contribution in [0.25, 0.3) is 10.9 Å². The third-order valence-corrected chi connectivity index (χ3v) is 2.30. The molecule has 0 aliphatic heterocycles. The first kappa shape index (κ1) is 5.68. The normalized spacial score (nSPS) is 10.4. The van der Waals surface area contributed by atoms with Crippen LogP contribution in [0.15, 0.2) is 24.5 Å². The van der Waals surface area contributed by atoms with E-state index in [2.05, 4.69) is 16.9 Å². The molecule has 3 heteroatoms. The molecule has 2 aromatic rings. The summed E-state index contributed by atoms with van der Waals surface area (Å²) in [5.41, 5.74) is 1.11. The van der Waals surface area contributed by atoms with Gasteiger partial charge in [-0.25, -0.2) is 4.98 Å². The zero-order chi connectivity index (χ0) is 6.97. The fourth-order valence-corrected chi connectivity index (χ4v) is 1.73. The molecule has 0 bridgehead atoms. The molecule has 0 spiro atoms. The van der Waals surface area contributed by atoms with E-state index >= 15 is 0 Å². The van der Waals surface area contributed by atoms with Crippen LogP contribution in [0.1, 0.15) is 5.69 Å². The van der Waals surface area contributed by atoms with Gasteiger partial charge in [0.05, 0.1) is 11.9 Å². The molecule has 0 aliphatic rings. The third-order valence-electron chi connectivity index (χ3n) is 1.39. The van der Waals surface area contributed by atoms with Gasteiger partial charge < -0.3 is 0 Å². The summed E-state index contributed by atoms with van der Waals surface area (Å²) in [6.45, 7) is 3.69. The minimum Gasteiger partial charge on any atom is -0.290 e. The summed E-state index contributed by atoms with van der Waals surface area (Å²) in [7, 11) is 0. The molecule has 50 valence electrons. The SMILES string of the molecule is C=Cc1csc2cncn12. The van der Waals surface area contributed by atoms with Gasteiger partial charge in [0.2, 0.25) is 0 Å². The molecule has 0 unspecified atom stereocenters. The van der Waals surface area contributed by atoms with Gasteiger partial charge in [-0.1, -0.05) is 6.58 Å². The molecule has 0 N–H and O–H groups in total. The predicted molar refractivity (Wildman–Crippen MR) is 43.2 cm³/mol. The summed E-state index contributed by atoms with van der Waals surface area (Å²) >= 11 is 1.67. The van der Waals surface area contributed by atoms with E-state index in [0.29, 0.717) is 0 Å². The molecule has 0 fully saturated rings. The van der Waals surface area contributed by atoms with E-state index in [1.54, 1.807) is 17.7 Å². The standard InChI is InChI=1S/C7H6N2S/c1-2-6-4-10-7-3-8-5-9(6)7/h2-5H,1H2. The average Bonchev–Trinajstić information content (AvgIpc) is 2.44. The highest BCUT2D eigenvalue weighted by atomic mass is 32.1. The van der Waals surface area contributed by atoms with Crippen LogP contribution in [0.4, 0.5) is 0 Å². The van der Waals surface area contributed by atoms with Crippen molar-refractivity contribution in [2.45, 2.75) is 0 Å². The Morgan fingerprint density at radius 1 is 1.70 bits per heavy atom. The van der Waals surface area contributed by atoms with Crippen molar-refractivity contribution >= 4 is 22.2 Å². The number of aromatic nitrogens is 2. The Morgan fingerprint density at radius 2 is 2.60 bits per heavy atom. The van der Waals surface area contributed by atoms with E-state index in [-0.39, 0.29) is 0 Å². The highest BCUT2D eigenvalue weighted by Crippen LogP contribution is 2.15.